The van der Waals surface area contributed by atoms with Crippen molar-refractivity contribution in [3.63, 3.8) is 0 Å². The van der Waals surface area contributed by atoms with E-state index in [2.05, 4.69) is 47.7 Å². The van der Waals surface area contributed by atoms with Crippen molar-refractivity contribution in [2.75, 3.05) is 27.8 Å². The second-order valence-electron chi connectivity index (χ2n) is 16.2. The Morgan fingerprint density at radius 1 is 1.03 bits per heavy atom. The SMILES string of the molecule is COc1cc(Cn2ncc3c(-c4cccc(-c5cc(F)c(CNCC6CCC(=O)N6)c(OC)c5)c4C)cccc32)c(Cl)cc1CN(C)C1(CCCC(=O)O)CCCCC1. The largest absolute Gasteiger partial charge is 0.496 e. The number of rotatable bonds is 17. The minimum atomic E-state index is -0.747. The highest BCUT2D eigenvalue weighted by molar-refractivity contribution is 6.31. The first-order valence-electron chi connectivity index (χ1n) is 20.7. The summed E-state index contributed by atoms with van der Waals surface area (Å²) >= 11 is 7.04. The number of carboxylic acid groups (broad SMARTS) is 1. The van der Waals surface area contributed by atoms with Crippen LogP contribution >= 0.6 is 11.6 Å². The number of methoxy groups -OCH3 is 2. The smallest absolute Gasteiger partial charge is 0.303 e. The molecule has 1 saturated carbocycles. The van der Waals surface area contributed by atoms with Crippen LogP contribution in [0.4, 0.5) is 4.39 Å². The van der Waals surface area contributed by atoms with Crippen molar-refractivity contribution >= 4 is 34.4 Å². The van der Waals surface area contributed by atoms with E-state index in [4.69, 9.17) is 26.2 Å². The molecule has 0 spiro atoms. The number of carboxylic acids is 1. The van der Waals surface area contributed by atoms with E-state index in [9.17, 15) is 14.7 Å². The molecule has 10 nitrogen and oxygen atoms in total. The normalized spacial score (nSPS) is 16.5. The third-order valence-corrected chi connectivity index (χ3v) is 12.9. The molecule has 5 aromatic rings. The van der Waals surface area contributed by atoms with Crippen LogP contribution in [0.1, 0.15) is 86.5 Å². The van der Waals surface area contributed by atoms with Crippen molar-refractivity contribution in [3.05, 3.63) is 100.0 Å². The number of aromatic nitrogens is 2. The molecule has 12 heteroatoms. The maximum absolute atomic E-state index is 15.8. The number of hydrogen-bond acceptors (Lipinski definition) is 7. The number of carbonyl (C=O) groups excluding carboxylic acids is 1. The molecule has 2 fully saturated rings. The van der Waals surface area contributed by atoms with Gasteiger partial charge in [0.2, 0.25) is 5.91 Å². The van der Waals surface area contributed by atoms with Crippen molar-refractivity contribution in [2.45, 2.75) is 102 Å². The minimum absolute atomic E-state index is 0.0456. The fourth-order valence-electron chi connectivity index (χ4n) is 9.28. The first-order chi connectivity index (χ1) is 28.5. The van der Waals surface area contributed by atoms with Crippen molar-refractivity contribution in [2.24, 2.45) is 0 Å². The summed E-state index contributed by atoms with van der Waals surface area (Å²) in [6.45, 7) is 3.98. The summed E-state index contributed by atoms with van der Waals surface area (Å²) in [6.07, 6.45) is 10.5. The predicted molar refractivity (Wildman–Crippen MR) is 231 cm³/mol. The molecule has 0 radical (unpaired) electrons. The van der Waals surface area contributed by atoms with Crippen LogP contribution in [0.5, 0.6) is 11.5 Å². The zero-order valence-electron chi connectivity index (χ0n) is 34.5. The molecular formula is C47H55ClFN5O5. The van der Waals surface area contributed by atoms with Gasteiger partial charge in [-0.1, -0.05) is 61.2 Å². The molecule has 0 bridgehead atoms. The van der Waals surface area contributed by atoms with Crippen LogP contribution in [-0.4, -0.2) is 71.1 Å². The third kappa shape index (κ3) is 9.27. The fourth-order valence-corrected chi connectivity index (χ4v) is 9.53. The van der Waals surface area contributed by atoms with E-state index in [1.54, 1.807) is 20.3 Å². The molecular weight excluding hydrogens is 769 g/mol. The van der Waals surface area contributed by atoms with E-state index in [0.29, 0.717) is 48.8 Å². The molecule has 1 atom stereocenters. The lowest BCUT2D eigenvalue weighted by molar-refractivity contribution is -0.137. The van der Waals surface area contributed by atoms with Gasteiger partial charge in [0.15, 0.2) is 0 Å². The molecule has 4 aromatic carbocycles. The third-order valence-electron chi connectivity index (χ3n) is 12.6. The van der Waals surface area contributed by atoms with Crippen LogP contribution in [-0.2, 0) is 29.2 Å². The van der Waals surface area contributed by atoms with E-state index < -0.39 is 5.97 Å². The van der Waals surface area contributed by atoms with Gasteiger partial charge in [-0.05, 0) is 110 Å². The van der Waals surface area contributed by atoms with E-state index in [0.717, 1.165) is 94.1 Å². The van der Waals surface area contributed by atoms with Crippen LogP contribution < -0.4 is 20.1 Å². The second kappa shape index (κ2) is 18.5. The van der Waals surface area contributed by atoms with Gasteiger partial charge in [-0.15, -0.1) is 0 Å². The molecule has 59 heavy (non-hydrogen) atoms. The lowest BCUT2D eigenvalue weighted by atomic mass is 9.77. The molecule has 7 rings (SSSR count). The number of amides is 1. The Bertz CT molecular complexity index is 2320. The molecule has 1 aliphatic carbocycles. The molecule has 2 aliphatic rings. The van der Waals surface area contributed by atoms with Gasteiger partial charge in [-0.3, -0.25) is 19.2 Å². The quantitative estimate of drug-likeness (QED) is 0.0850. The average molecular weight is 824 g/mol. The van der Waals surface area contributed by atoms with Gasteiger partial charge in [-0.2, -0.15) is 5.10 Å². The highest BCUT2D eigenvalue weighted by Crippen LogP contribution is 2.41. The first kappa shape index (κ1) is 42.2. The number of fused-ring (bicyclic) bond motifs is 1. The van der Waals surface area contributed by atoms with Crippen LogP contribution in [0.3, 0.4) is 0 Å². The Kier molecular flexibility index (Phi) is 13.2. The molecule has 1 aromatic heterocycles. The highest BCUT2D eigenvalue weighted by atomic mass is 35.5. The topological polar surface area (TPSA) is 118 Å². The Labute approximate surface area is 351 Å². The van der Waals surface area contributed by atoms with Crippen molar-refractivity contribution in [1.29, 1.82) is 0 Å². The fraction of sp³-hybridized carbons (Fsp3) is 0.426. The van der Waals surface area contributed by atoms with Gasteiger partial charge < -0.3 is 25.2 Å². The van der Waals surface area contributed by atoms with Crippen molar-refractivity contribution < 1.29 is 28.6 Å². The van der Waals surface area contributed by atoms with E-state index in [-0.39, 0.29) is 36.3 Å². The van der Waals surface area contributed by atoms with Crippen LogP contribution in [0.15, 0.2) is 66.9 Å². The maximum atomic E-state index is 15.8. The lowest BCUT2D eigenvalue weighted by Crippen LogP contribution is -2.47. The first-order valence-corrected chi connectivity index (χ1v) is 21.1. The number of halogens is 2. The number of carbonyl (C=O) groups is 2. The van der Waals surface area contributed by atoms with Gasteiger partial charge in [0.1, 0.15) is 17.3 Å². The number of hydrogen-bond donors (Lipinski definition) is 3. The maximum Gasteiger partial charge on any atom is 0.303 e. The lowest BCUT2D eigenvalue weighted by Gasteiger charge is -2.45. The number of benzene rings is 4. The summed E-state index contributed by atoms with van der Waals surface area (Å²) in [5, 5.41) is 22.0. The van der Waals surface area contributed by atoms with Gasteiger partial charge in [0, 0.05) is 65.6 Å². The summed E-state index contributed by atoms with van der Waals surface area (Å²) < 4.78 is 29.4. The molecule has 2 heterocycles. The number of aliphatic carboxylic acids is 1. The zero-order chi connectivity index (χ0) is 41.7. The summed E-state index contributed by atoms with van der Waals surface area (Å²) in [5.41, 5.74) is 7.89. The van der Waals surface area contributed by atoms with E-state index >= 15 is 4.39 Å². The predicted octanol–water partition coefficient (Wildman–Crippen LogP) is 9.29. The second-order valence-corrected chi connectivity index (χ2v) is 16.6. The molecule has 1 aliphatic heterocycles. The van der Waals surface area contributed by atoms with Crippen LogP contribution in [0, 0.1) is 12.7 Å². The minimum Gasteiger partial charge on any atom is -0.496 e. The van der Waals surface area contributed by atoms with Crippen molar-refractivity contribution in [3.8, 4) is 33.8 Å². The van der Waals surface area contributed by atoms with Gasteiger partial charge in [0.05, 0.1) is 32.5 Å². The van der Waals surface area contributed by atoms with Gasteiger partial charge >= 0.3 is 5.97 Å². The summed E-state index contributed by atoms with van der Waals surface area (Å²) in [6, 6.07) is 19.8. The van der Waals surface area contributed by atoms with Crippen LogP contribution in [0.2, 0.25) is 5.02 Å². The summed E-state index contributed by atoms with van der Waals surface area (Å²) in [7, 11) is 5.38. The highest BCUT2D eigenvalue weighted by Gasteiger charge is 2.36. The Balaban J connectivity index is 1.11. The van der Waals surface area contributed by atoms with E-state index in [1.165, 1.54) is 6.42 Å². The van der Waals surface area contributed by atoms with Gasteiger partial charge in [-0.25, -0.2) is 4.39 Å². The number of nitrogens with zero attached hydrogens (tertiary/aromatic N) is 3. The van der Waals surface area contributed by atoms with Gasteiger partial charge in [0.25, 0.3) is 0 Å². The molecule has 1 unspecified atom stereocenters. The number of nitrogens with one attached hydrogen (secondary N) is 2. The van der Waals surface area contributed by atoms with E-state index in [1.807, 2.05) is 47.3 Å². The molecule has 1 amide bonds. The molecule has 3 N–H and O–H groups in total. The molecule has 1 saturated heterocycles. The summed E-state index contributed by atoms with van der Waals surface area (Å²) in [4.78, 5) is 25.3. The average Bonchev–Trinajstić information content (AvgIpc) is 3.84. The monoisotopic (exact) mass is 823 g/mol. The number of ether oxygens (including phenoxy) is 2. The zero-order valence-corrected chi connectivity index (χ0v) is 35.3. The van der Waals surface area contributed by atoms with Crippen molar-refractivity contribution in [1.82, 2.24) is 25.3 Å². The standard InChI is InChI=1S/C47H55ClFN5O5/c1-30-35(31-22-41(49)39(44(23-31)59-4)26-50-25-34-16-17-45(55)52-34)11-8-12-36(30)37-13-9-14-42-38(37)27-51-54(42)29-32-24-43(58-3)33(21-40(32)48)28-53(2)47(18-6-5-7-19-47)20-10-15-46(56)57/h8-9,11-14,21-24,27,34,50H,5-7,10,15-20,25-26,28-29H2,1-4H3,(H,52,55)(H,56,57). The molecule has 312 valence electrons. The Hall–Kier alpha value is -4.97. The van der Waals surface area contributed by atoms with Crippen LogP contribution in [0.25, 0.3) is 33.2 Å². The summed E-state index contributed by atoms with van der Waals surface area (Å²) in [5.74, 6) is 0.175. The Morgan fingerprint density at radius 2 is 1.78 bits per heavy atom. The Morgan fingerprint density at radius 3 is 2.51 bits per heavy atom.